The second kappa shape index (κ2) is 2.82. The highest BCUT2D eigenvalue weighted by atomic mass is 16.4. The van der Waals surface area contributed by atoms with E-state index in [-0.39, 0.29) is 5.70 Å². The van der Waals surface area contributed by atoms with E-state index >= 15 is 0 Å². The van der Waals surface area contributed by atoms with Crippen LogP contribution in [0.15, 0.2) is 29.2 Å². The fourth-order valence-corrected chi connectivity index (χ4v) is 0.502. The van der Waals surface area contributed by atoms with Crippen LogP contribution in [0.4, 0.5) is 0 Å². The Morgan fingerprint density at radius 3 is 3.20 bits per heavy atom. The molecule has 0 spiro atoms. The van der Waals surface area contributed by atoms with Crippen LogP contribution in [0.1, 0.15) is 0 Å². The predicted molar refractivity (Wildman–Crippen MR) is 36.5 cm³/mol. The van der Waals surface area contributed by atoms with Crippen LogP contribution >= 0.6 is 0 Å². The molecule has 0 radical (unpaired) electrons. The molecule has 0 fully saturated rings. The van der Waals surface area contributed by atoms with Crippen molar-refractivity contribution in [2.45, 2.75) is 0 Å². The number of carboxylic acids is 1. The van der Waals surface area contributed by atoms with Crippen LogP contribution in [0.3, 0.4) is 0 Å². The lowest BCUT2D eigenvalue weighted by molar-refractivity contribution is -0.132. The van der Waals surface area contributed by atoms with E-state index in [2.05, 4.69) is 10.3 Å². The van der Waals surface area contributed by atoms with Crippen LogP contribution in [0.2, 0.25) is 0 Å². The van der Waals surface area contributed by atoms with Crippen LogP contribution in [-0.4, -0.2) is 17.3 Å². The summed E-state index contributed by atoms with van der Waals surface area (Å²) in [7, 11) is 0. The molecule has 52 valence electrons. The maximum atomic E-state index is 10.3. The average Bonchev–Trinajstić information content (AvgIpc) is 2.12. The van der Waals surface area contributed by atoms with Crippen molar-refractivity contribution in [3.8, 4) is 0 Å². The van der Waals surface area contributed by atoms with Gasteiger partial charge in [-0.15, -0.1) is 0 Å². The number of aliphatic imine (C=N–C) groups is 1. The van der Waals surface area contributed by atoms with Crippen molar-refractivity contribution in [1.82, 2.24) is 5.32 Å². The number of allylic oxidation sites excluding steroid dienone is 1. The summed E-state index contributed by atoms with van der Waals surface area (Å²) >= 11 is 0. The molecule has 0 unspecified atom stereocenters. The highest BCUT2D eigenvalue weighted by Gasteiger charge is 2.03. The van der Waals surface area contributed by atoms with Gasteiger partial charge in [0.1, 0.15) is 5.70 Å². The molecule has 0 aromatic heterocycles. The molecule has 0 saturated carbocycles. The third-order valence-corrected chi connectivity index (χ3v) is 0.941. The first kappa shape index (κ1) is 6.54. The number of rotatable bonds is 1. The van der Waals surface area contributed by atoms with Crippen molar-refractivity contribution in [3.05, 3.63) is 24.2 Å². The molecule has 0 aromatic carbocycles. The summed E-state index contributed by atoms with van der Waals surface area (Å²) in [6.45, 7) is 0. The van der Waals surface area contributed by atoms with Gasteiger partial charge in [0.25, 0.3) is 0 Å². The van der Waals surface area contributed by atoms with Crippen molar-refractivity contribution in [2.75, 3.05) is 0 Å². The molecular weight excluding hydrogens is 132 g/mol. The number of hydrogen-bond acceptors (Lipinski definition) is 3. The monoisotopic (exact) mass is 138 g/mol. The lowest BCUT2D eigenvalue weighted by atomic mass is 10.5. The van der Waals surface area contributed by atoms with Gasteiger partial charge in [-0.3, -0.25) is 4.99 Å². The summed E-state index contributed by atoms with van der Waals surface area (Å²) in [5.41, 5.74) is 0.0741. The molecule has 0 saturated heterocycles. The van der Waals surface area contributed by atoms with Crippen molar-refractivity contribution in [3.63, 3.8) is 0 Å². The Labute approximate surface area is 57.6 Å². The van der Waals surface area contributed by atoms with Crippen molar-refractivity contribution < 1.29 is 9.90 Å². The van der Waals surface area contributed by atoms with E-state index in [1.807, 2.05) is 0 Å². The Morgan fingerprint density at radius 2 is 2.50 bits per heavy atom. The third kappa shape index (κ3) is 1.45. The molecule has 0 atom stereocenters. The highest BCUT2D eigenvalue weighted by molar-refractivity contribution is 5.87. The van der Waals surface area contributed by atoms with Gasteiger partial charge in [0.05, 0.1) is 6.20 Å². The first-order valence-electron chi connectivity index (χ1n) is 2.69. The normalized spacial score (nSPS) is 15.4. The number of nitrogens with zero attached hydrogens (tertiary/aromatic N) is 1. The molecule has 4 nitrogen and oxygen atoms in total. The molecule has 0 amide bonds. The Balaban J connectivity index is 2.78. The van der Waals surface area contributed by atoms with Crippen molar-refractivity contribution in [2.24, 2.45) is 4.99 Å². The Hall–Kier alpha value is -1.58. The Kier molecular flexibility index (Phi) is 1.84. The first-order chi connectivity index (χ1) is 4.80. The molecule has 0 aliphatic carbocycles. The van der Waals surface area contributed by atoms with Crippen molar-refractivity contribution in [1.29, 1.82) is 0 Å². The molecule has 4 heteroatoms. The minimum Gasteiger partial charge on any atom is -0.477 e. The Morgan fingerprint density at radius 1 is 1.70 bits per heavy atom. The quantitative estimate of drug-likeness (QED) is 0.540. The van der Waals surface area contributed by atoms with E-state index in [1.165, 1.54) is 18.6 Å². The summed E-state index contributed by atoms with van der Waals surface area (Å²) in [4.78, 5) is 13.9. The second-order valence-electron chi connectivity index (χ2n) is 1.65. The predicted octanol–water partition coefficient (Wildman–Crippen LogP) is 0.100. The summed E-state index contributed by atoms with van der Waals surface area (Å²) in [6.07, 6.45) is 5.88. The second-order valence-corrected chi connectivity index (χ2v) is 1.65. The van der Waals surface area contributed by atoms with E-state index < -0.39 is 5.97 Å². The van der Waals surface area contributed by atoms with Crippen LogP contribution < -0.4 is 5.32 Å². The summed E-state index contributed by atoms with van der Waals surface area (Å²) in [5, 5.41) is 11.0. The largest absolute Gasteiger partial charge is 0.477 e. The van der Waals surface area contributed by atoms with E-state index in [0.29, 0.717) is 0 Å². The van der Waals surface area contributed by atoms with Crippen LogP contribution in [-0.2, 0) is 4.79 Å². The molecule has 0 bridgehead atoms. The molecule has 1 rings (SSSR count). The van der Waals surface area contributed by atoms with Crippen LogP contribution in [0.25, 0.3) is 0 Å². The topological polar surface area (TPSA) is 61.7 Å². The minimum atomic E-state index is -1.01. The summed E-state index contributed by atoms with van der Waals surface area (Å²) in [5.74, 6) is -1.01. The van der Waals surface area contributed by atoms with E-state index in [0.717, 1.165) is 0 Å². The van der Waals surface area contributed by atoms with Gasteiger partial charge in [-0.25, -0.2) is 4.79 Å². The first-order valence-corrected chi connectivity index (χ1v) is 2.69. The molecule has 10 heavy (non-hydrogen) atoms. The van der Waals surface area contributed by atoms with E-state index in [1.54, 1.807) is 6.08 Å². The number of nitrogens with one attached hydrogen (secondary N) is 1. The molecule has 1 heterocycles. The average molecular weight is 138 g/mol. The molecular formula is C6H6N2O2. The summed E-state index contributed by atoms with van der Waals surface area (Å²) < 4.78 is 0. The minimum absolute atomic E-state index is 0.0741. The van der Waals surface area contributed by atoms with E-state index in [4.69, 9.17) is 5.11 Å². The van der Waals surface area contributed by atoms with Crippen molar-refractivity contribution >= 4 is 12.2 Å². The lowest BCUT2D eigenvalue weighted by Gasteiger charge is -1.95. The van der Waals surface area contributed by atoms with Crippen LogP contribution in [0, 0.1) is 0 Å². The molecule has 1 aliphatic rings. The highest BCUT2D eigenvalue weighted by Crippen LogP contribution is 1.92. The van der Waals surface area contributed by atoms with Gasteiger partial charge in [0, 0.05) is 12.4 Å². The number of carboxylic acid groups (broad SMARTS) is 1. The van der Waals surface area contributed by atoms with Gasteiger partial charge in [-0.05, 0) is 6.08 Å². The van der Waals surface area contributed by atoms with Gasteiger partial charge in [-0.1, -0.05) is 0 Å². The fourth-order valence-electron chi connectivity index (χ4n) is 0.502. The SMILES string of the molecule is O=C(O)C1=CN=CC=CN1. The van der Waals surface area contributed by atoms with Gasteiger partial charge in [0.2, 0.25) is 0 Å². The molecule has 2 N–H and O–H groups in total. The zero-order valence-electron chi connectivity index (χ0n) is 5.11. The molecule has 1 aliphatic heterocycles. The number of aliphatic carboxylic acids is 1. The van der Waals surface area contributed by atoms with E-state index in [9.17, 15) is 4.79 Å². The zero-order chi connectivity index (χ0) is 7.40. The standard InChI is InChI=1S/C6H6N2O2/c9-6(10)5-4-7-2-1-3-8-5/h1-4,8H,(H,9,10). The summed E-state index contributed by atoms with van der Waals surface area (Å²) in [6, 6.07) is 0. The smallest absolute Gasteiger partial charge is 0.353 e. The third-order valence-electron chi connectivity index (χ3n) is 0.941. The van der Waals surface area contributed by atoms with Gasteiger partial charge in [0.15, 0.2) is 0 Å². The lowest BCUT2D eigenvalue weighted by Crippen LogP contribution is -2.13. The molecule has 0 aromatic rings. The number of hydrogen-bond donors (Lipinski definition) is 2. The van der Waals surface area contributed by atoms with Gasteiger partial charge >= 0.3 is 5.97 Å². The maximum Gasteiger partial charge on any atom is 0.353 e. The maximum absolute atomic E-state index is 10.3. The zero-order valence-corrected chi connectivity index (χ0v) is 5.11. The van der Waals surface area contributed by atoms with Crippen LogP contribution in [0.5, 0.6) is 0 Å². The van der Waals surface area contributed by atoms with Gasteiger partial charge in [-0.2, -0.15) is 0 Å². The van der Waals surface area contributed by atoms with Gasteiger partial charge < -0.3 is 10.4 Å². The fraction of sp³-hybridized carbons (Fsp3) is 0. The Bertz CT molecular complexity index is 228. The number of carbonyl (C=O) groups is 1.